The van der Waals surface area contributed by atoms with Crippen molar-refractivity contribution in [3.05, 3.63) is 0 Å². The predicted molar refractivity (Wildman–Crippen MR) is 59.1 cm³/mol. The molecule has 5 nitrogen and oxygen atoms in total. The third kappa shape index (κ3) is 2.72. The smallest absolute Gasteiger partial charge is 0.236 e. The van der Waals surface area contributed by atoms with Gasteiger partial charge < -0.3 is 14.7 Å². The van der Waals surface area contributed by atoms with Gasteiger partial charge in [-0.3, -0.25) is 9.69 Å². The lowest BCUT2D eigenvalue weighted by Gasteiger charge is -2.34. The van der Waals surface area contributed by atoms with Crippen molar-refractivity contribution in [1.29, 1.82) is 0 Å². The Bertz CT molecular complexity index is 256. The summed E-state index contributed by atoms with van der Waals surface area (Å²) < 4.78 is 5.28. The number of rotatable bonds is 4. The van der Waals surface area contributed by atoms with Crippen molar-refractivity contribution in [3.63, 3.8) is 0 Å². The van der Waals surface area contributed by atoms with Crippen molar-refractivity contribution in [3.8, 4) is 0 Å². The van der Waals surface area contributed by atoms with E-state index in [9.17, 15) is 9.90 Å². The second-order valence-electron chi connectivity index (χ2n) is 4.62. The van der Waals surface area contributed by atoms with Crippen molar-refractivity contribution in [2.24, 2.45) is 0 Å². The number of likely N-dealkylation sites (N-methyl/N-ethyl adjacent to an activating group) is 1. The molecule has 5 heteroatoms. The predicted octanol–water partition coefficient (Wildman–Crippen LogP) is -0.700. The monoisotopic (exact) mass is 228 g/mol. The van der Waals surface area contributed by atoms with Gasteiger partial charge in [-0.15, -0.1) is 0 Å². The zero-order valence-electron chi connectivity index (χ0n) is 9.76. The third-order valence-electron chi connectivity index (χ3n) is 3.39. The van der Waals surface area contributed by atoms with Crippen molar-refractivity contribution in [1.82, 2.24) is 9.80 Å². The molecule has 2 aliphatic rings. The van der Waals surface area contributed by atoms with Crippen LogP contribution in [0.2, 0.25) is 0 Å². The Kier molecular flexibility index (Phi) is 3.78. The summed E-state index contributed by atoms with van der Waals surface area (Å²) in [5.41, 5.74) is 0. The lowest BCUT2D eigenvalue weighted by molar-refractivity contribution is -0.134. The summed E-state index contributed by atoms with van der Waals surface area (Å²) in [5, 5.41) is 9.19. The highest BCUT2D eigenvalue weighted by Crippen LogP contribution is 2.25. The van der Waals surface area contributed by atoms with E-state index in [-0.39, 0.29) is 18.6 Å². The molecular formula is C11H20N2O3. The zero-order valence-corrected chi connectivity index (χ0v) is 9.76. The molecule has 1 heterocycles. The highest BCUT2D eigenvalue weighted by Gasteiger charge is 2.32. The van der Waals surface area contributed by atoms with E-state index in [1.807, 2.05) is 16.8 Å². The molecule has 2 fully saturated rings. The van der Waals surface area contributed by atoms with E-state index in [0.717, 1.165) is 19.4 Å². The van der Waals surface area contributed by atoms with Gasteiger partial charge in [-0.25, -0.2) is 0 Å². The summed E-state index contributed by atoms with van der Waals surface area (Å²) in [6, 6.07) is 0.437. The molecule has 0 aromatic rings. The van der Waals surface area contributed by atoms with Crippen LogP contribution >= 0.6 is 0 Å². The molecule has 1 unspecified atom stereocenters. The van der Waals surface area contributed by atoms with Gasteiger partial charge in [-0.2, -0.15) is 0 Å². The molecule has 16 heavy (non-hydrogen) atoms. The average Bonchev–Trinajstić information content (AvgIpc) is 3.12. The maximum Gasteiger partial charge on any atom is 0.236 e. The molecule has 0 aromatic carbocycles. The molecule has 1 aliphatic carbocycles. The molecule has 92 valence electrons. The van der Waals surface area contributed by atoms with Gasteiger partial charge in [0.25, 0.3) is 0 Å². The number of ether oxygens (including phenoxy) is 1. The van der Waals surface area contributed by atoms with Crippen LogP contribution in [0.4, 0.5) is 0 Å². The van der Waals surface area contributed by atoms with Crippen LogP contribution in [-0.4, -0.2) is 72.9 Å². The number of hydrogen-bond donors (Lipinski definition) is 1. The average molecular weight is 228 g/mol. The molecule has 1 N–H and O–H groups in total. The van der Waals surface area contributed by atoms with Crippen LogP contribution in [0.3, 0.4) is 0 Å². The number of aliphatic hydroxyl groups excluding tert-OH is 1. The highest BCUT2D eigenvalue weighted by molar-refractivity contribution is 5.78. The number of nitrogens with zero attached hydrogens (tertiary/aromatic N) is 2. The van der Waals surface area contributed by atoms with Crippen LogP contribution in [0.1, 0.15) is 12.8 Å². The SMILES string of the molecule is CN(C(=O)CN1CCOCC1CO)C1CC1. The molecule has 0 aromatic heterocycles. The first-order valence-corrected chi connectivity index (χ1v) is 5.90. The Labute approximate surface area is 96.0 Å². The lowest BCUT2D eigenvalue weighted by Crippen LogP contribution is -2.51. The molecule has 1 atom stereocenters. The Morgan fingerprint density at radius 3 is 2.94 bits per heavy atom. The third-order valence-corrected chi connectivity index (χ3v) is 3.39. The van der Waals surface area contributed by atoms with Crippen molar-refractivity contribution in [2.75, 3.05) is 40.0 Å². The molecule has 1 aliphatic heterocycles. The summed E-state index contributed by atoms with van der Waals surface area (Å²) in [5.74, 6) is 0.155. The number of carbonyl (C=O) groups is 1. The standard InChI is InChI=1S/C11H20N2O3/c1-12(9-2-3-9)11(15)6-13-4-5-16-8-10(13)7-14/h9-10,14H,2-8H2,1H3. The summed E-state index contributed by atoms with van der Waals surface area (Å²) in [6.07, 6.45) is 2.27. The molecule has 0 bridgehead atoms. The quantitative estimate of drug-likeness (QED) is 0.691. The maximum atomic E-state index is 11.9. The second kappa shape index (κ2) is 5.12. The number of aliphatic hydroxyl groups is 1. The van der Waals surface area contributed by atoms with Crippen LogP contribution in [-0.2, 0) is 9.53 Å². The van der Waals surface area contributed by atoms with Crippen molar-refractivity contribution >= 4 is 5.91 Å². The molecule has 2 rings (SSSR count). The van der Waals surface area contributed by atoms with Crippen LogP contribution in [0, 0.1) is 0 Å². The Balaban J connectivity index is 1.84. The van der Waals surface area contributed by atoms with Crippen LogP contribution in [0.5, 0.6) is 0 Å². The van der Waals surface area contributed by atoms with E-state index in [1.165, 1.54) is 0 Å². The normalized spacial score (nSPS) is 26.8. The molecule has 0 radical (unpaired) electrons. The van der Waals surface area contributed by atoms with Crippen LogP contribution in [0.25, 0.3) is 0 Å². The highest BCUT2D eigenvalue weighted by atomic mass is 16.5. The summed E-state index contributed by atoms with van der Waals surface area (Å²) in [7, 11) is 1.87. The largest absolute Gasteiger partial charge is 0.395 e. The van der Waals surface area contributed by atoms with Gasteiger partial charge in [0.1, 0.15) is 0 Å². The van der Waals surface area contributed by atoms with Crippen LogP contribution < -0.4 is 0 Å². The Hall–Kier alpha value is -0.650. The summed E-state index contributed by atoms with van der Waals surface area (Å²) in [4.78, 5) is 15.8. The number of carbonyl (C=O) groups excluding carboxylic acids is 1. The van der Waals surface area contributed by atoms with Gasteiger partial charge in [-0.1, -0.05) is 0 Å². The zero-order chi connectivity index (χ0) is 11.5. The first-order valence-electron chi connectivity index (χ1n) is 5.90. The fourth-order valence-electron chi connectivity index (χ4n) is 2.02. The minimum absolute atomic E-state index is 0.0229. The first-order chi connectivity index (χ1) is 7.72. The fraction of sp³-hybridized carbons (Fsp3) is 0.909. The number of hydrogen-bond acceptors (Lipinski definition) is 4. The topological polar surface area (TPSA) is 53.0 Å². The van der Waals surface area contributed by atoms with E-state index in [1.54, 1.807) is 0 Å². The Morgan fingerprint density at radius 2 is 2.31 bits per heavy atom. The molecule has 0 spiro atoms. The van der Waals surface area contributed by atoms with E-state index >= 15 is 0 Å². The van der Waals surface area contributed by atoms with Gasteiger partial charge in [-0.05, 0) is 12.8 Å². The van der Waals surface area contributed by atoms with Crippen molar-refractivity contribution in [2.45, 2.75) is 24.9 Å². The van der Waals surface area contributed by atoms with Crippen molar-refractivity contribution < 1.29 is 14.6 Å². The molecule has 1 amide bonds. The van der Waals surface area contributed by atoms with E-state index in [2.05, 4.69) is 0 Å². The Morgan fingerprint density at radius 1 is 1.56 bits per heavy atom. The summed E-state index contributed by atoms with van der Waals surface area (Å²) >= 11 is 0. The van der Waals surface area contributed by atoms with Crippen LogP contribution in [0.15, 0.2) is 0 Å². The molecule has 1 saturated heterocycles. The van der Waals surface area contributed by atoms with Gasteiger partial charge in [0, 0.05) is 19.6 Å². The van der Waals surface area contributed by atoms with Gasteiger partial charge >= 0.3 is 0 Å². The lowest BCUT2D eigenvalue weighted by atomic mass is 10.2. The minimum Gasteiger partial charge on any atom is -0.395 e. The second-order valence-corrected chi connectivity index (χ2v) is 4.62. The molecule has 1 saturated carbocycles. The number of amides is 1. The molecular weight excluding hydrogens is 208 g/mol. The first kappa shape index (κ1) is 11.8. The summed E-state index contributed by atoms with van der Waals surface area (Å²) in [6.45, 7) is 2.37. The fourth-order valence-corrected chi connectivity index (χ4v) is 2.02. The van der Waals surface area contributed by atoms with E-state index in [4.69, 9.17) is 4.74 Å². The van der Waals surface area contributed by atoms with E-state index in [0.29, 0.717) is 25.8 Å². The van der Waals surface area contributed by atoms with Gasteiger partial charge in [0.15, 0.2) is 0 Å². The van der Waals surface area contributed by atoms with E-state index < -0.39 is 0 Å². The van der Waals surface area contributed by atoms with Gasteiger partial charge in [0.05, 0.1) is 32.4 Å². The maximum absolute atomic E-state index is 11.9. The van der Waals surface area contributed by atoms with Gasteiger partial charge in [0.2, 0.25) is 5.91 Å². The minimum atomic E-state index is -0.0229. The number of morpholine rings is 1.